The number of hydrogen-bond donors (Lipinski definition) is 2. The van der Waals surface area contributed by atoms with Crippen molar-refractivity contribution >= 4 is 17.5 Å². The van der Waals surface area contributed by atoms with Gasteiger partial charge in [0.15, 0.2) is 0 Å². The molecule has 1 fully saturated rings. The van der Waals surface area contributed by atoms with Gasteiger partial charge in [0.05, 0.1) is 0 Å². The van der Waals surface area contributed by atoms with Gasteiger partial charge in [-0.05, 0) is 36.6 Å². The van der Waals surface area contributed by atoms with E-state index in [1.54, 1.807) is 24.3 Å². The smallest absolute Gasteiger partial charge is 0.319 e. The summed E-state index contributed by atoms with van der Waals surface area (Å²) in [5.41, 5.74) is 1.07. The van der Waals surface area contributed by atoms with Gasteiger partial charge in [-0.3, -0.25) is 14.2 Å². The second-order valence-corrected chi connectivity index (χ2v) is 6.42. The number of anilines is 1. The molecule has 138 valence electrons. The van der Waals surface area contributed by atoms with Crippen LogP contribution in [0.25, 0.3) is 0 Å². The molecular formula is C18H20F2N4O2. The Bertz CT molecular complexity index is 789. The zero-order valence-corrected chi connectivity index (χ0v) is 14.3. The van der Waals surface area contributed by atoms with Crippen LogP contribution >= 0.6 is 0 Å². The molecule has 0 spiro atoms. The molecule has 8 heteroatoms. The van der Waals surface area contributed by atoms with E-state index in [9.17, 15) is 18.4 Å². The number of alkyl halides is 2. The molecule has 1 heterocycles. The van der Waals surface area contributed by atoms with Crippen LogP contribution < -0.4 is 10.6 Å². The molecule has 1 saturated carbocycles. The van der Waals surface area contributed by atoms with Crippen molar-refractivity contribution in [1.29, 1.82) is 0 Å². The van der Waals surface area contributed by atoms with Gasteiger partial charge in [-0.1, -0.05) is 6.92 Å². The maximum atomic E-state index is 12.7. The summed E-state index contributed by atoms with van der Waals surface area (Å²) in [6.45, 7) is -0.420. The molecular weight excluding hydrogens is 342 g/mol. The topological polar surface area (TPSA) is 76.0 Å². The zero-order valence-electron chi connectivity index (χ0n) is 14.3. The lowest BCUT2D eigenvalue weighted by Crippen LogP contribution is -2.26. The van der Waals surface area contributed by atoms with Gasteiger partial charge < -0.3 is 10.6 Å². The Labute approximate surface area is 149 Å². The van der Waals surface area contributed by atoms with Gasteiger partial charge >= 0.3 is 6.55 Å². The molecule has 2 amide bonds. The number of carbonyl (C=O) groups excluding carboxylic acids is 2. The van der Waals surface area contributed by atoms with Crippen LogP contribution in [0.15, 0.2) is 36.7 Å². The number of hydrogen-bond acceptors (Lipinski definition) is 3. The van der Waals surface area contributed by atoms with Crippen molar-refractivity contribution < 1.29 is 18.4 Å². The van der Waals surface area contributed by atoms with E-state index in [1.165, 1.54) is 12.4 Å². The third kappa shape index (κ3) is 4.25. The number of nitrogens with one attached hydrogen (secondary N) is 2. The Morgan fingerprint density at radius 2 is 2.00 bits per heavy atom. The molecule has 1 aliphatic carbocycles. The number of rotatable bonds is 7. The van der Waals surface area contributed by atoms with Crippen molar-refractivity contribution in [3.8, 4) is 0 Å². The van der Waals surface area contributed by atoms with Gasteiger partial charge in [0.1, 0.15) is 5.82 Å². The Kier molecular flexibility index (Phi) is 5.29. The molecule has 2 unspecified atom stereocenters. The summed E-state index contributed by atoms with van der Waals surface area (Å²) in [6.07, 6.45) is 3.63. The third-order valence-corrected chi connectivity index (χ3v) is 4.45. The molecule has 1 aromatic carbocycles. The van der Waals surface area contributed by atoms with Crippen molar-refractivity contribution in [3.05, 3.63) is 48.0 Å². The average Bonchev–Trinajstić information content (AvgIpc) is 3.16. The first-order valence-electron chi connectivity index (χ1n) is 8.44. The molecule has 6 nitrogen and oxygen atoms in total. The molecule has 1 aliphatic rings. The van der Waals surface area contributed by atoms with Crippen molar-refractivity contribution in [2.24, 2.45) is 11.8 Å². The van der Waals surface area contributed by atoms with E-state index in [4.69, 9.17) is 0 Å². The fourth-order valence-corrected chi connectivity index (χ4v) is 2.73. The fraction of sp³-hybridized carbons (Fsp3) is 0.389. The molecule has 2 atom stereocenters. The van der Waals surface area contributed by atoms with Crippen LogP contribution in [0.5, 0.6) is 0 Å². The van der Waals surface area contributed by atoms with Crippen LogP contribution in [-0.4, -0.2) is 27.9 Å². The monoisotopic (exact) mass is 362 g/mol. The van der Waals surface area contributed by atoms with Crippen LogP contribution in [0.1, 0.15) is 36.1 Å². The highest BCUT2D eigenvalue weighted by Crippen LogP contribution is 2.38. The van der Waals surface area contributed by atoms with Crippen LogP contribution in [0.4, 0.5) is 14.5 Å². The minimum Gasteiger partial charge on any atom is -0.352 e. The highest BCUT2D eigenvalue weighted by atomic mass is 19.3. The number of imidazole rings is 1. The van der Waals surface area contributed by atoms with E-state index in [1.807, 2.05) is 6.92 Å². The van der Waals surface area contributed by atoms with Gasteiger partial charge in [-0.15, -0.1) is 0 Å². The predicted octanol–water partition coefficient (Wildman–Crippen LogP) is 2.85. The number of nitrogens with zero attached hydrogens (tertiary/aromatic N) is 2. The highest BCUT2D eigenvalue weighted by molar-refractivity contribution is 5.96. The maximum absolute atomic E-state index is 12.7. The third-order valence-electron chi connectivity index (χ3n) is 4.45. The first-order chi connectivity index (χ1) is 12.5. The summed E-state index contributed by atoms with van der Waals surface area (Å²) in [5.74, 6) is 0.422. The minimum atomic E-state index is -2.65. The Hall–Kier alpha value is -2.77. The molecule has 2 N–H and O–H groups in total. The average molecular weight is 362 g/mol. The van der Waals surface area contributed by atoms with Gasteiger partial charge in [-0.25, -0.2) is 4.98 Å². The first kappa shape index (κ1) is 18.0. The first-order valence-corrected chi connectivity index (χ1v) is 8.44. The normalized spacial score (nSPS) is 18.6. The fourth-order valence-electron chi connectivity index (χ4n) is 2.73. The van der Waals surface area contributed by atoms with Crippen molar-refractivity contribution in [2.45, 2.75) is 26.3 Å². The van der Waals surface area contributed by atoms with E-state index >= 15 is 0 Å². The quantitative estimate of drug-likeness (QED) is 0.795. The number of amides is 2. The number of carbonyl (C=O) groups is 2. The van der Waals surface area contributed by atoms with Gasteiger partial charge in [0.2, 0.25) is 5.91 Å². The Morgan fingerprint density at radius 1 is 1.31 bits per heavy atom. The van der Waals surface area contributed by atoms with Crippen LogP contribution in [-0.2, 0) is 11.2 Å². The lowest BCUT2D eigenvalue weighted by molar-refractivity contribution is -0.117. The van der Waals surface area contributed by atoms with E-state index in [0.717, 1.165) is 11.0 Å². The number of aromatic nitrogens is 2. The van der Waals surface area contributed by atoms with E-state index in [-0.39, 0.29) is 36.5 Å². The van der Waals surface area contributed by atoms with Crippen molar-refractivity contribution in [3.63, 3.8) is 0 Å². The Morgan fingerprint density at radius 3 is 2.62 bits per heavy atom. The summed E-state index contributed by atoms with van der Waals surface area (Å²) in [5, 5.41) is 5.50. The van der Waals surface area contributed by atoms with Crippen LogP contribution in [0.3, 0.4) is 0 Å². The molecule has 1 aromatic heterocycles. The second kappa shape index (κ2) is 7.63. The van der Waals surface area contributed by atoms with Gasteiger partial charge in [-0.2, -0.15) is 8.78 Å². The molecule has 26 heavy (non-hydrogen) atoms. The van der Waals surface area contributed by atoms with Crippen molar-refractivity contribution in [2.75, 3.05) is 11.9 Å². The lowest BCUT2D eigenvalue weighted by atomic mass is 10.2. The lowest BCUT2D eigenvalue weighted by Gasteiger charge is -2.09. The van der Waals surface area contributed by atoms with E-state index in [2.05, 4.69) is 15.6 Å². The Balaban J connectivity index is 1.48. The van der Waals surface area contributed by atoms with Crippen LogP contribution in [0.2, 0.25) is 0 Å². The van der Waals surface area contributed by atoms with Gasteiger partial charge in [0.25, 0.3) is 5.91 Å². The molecule has 0 aliphatic heterocycles. The van der Waals surface area contributed by atoms with Crippen molar-refractivity contribution in [1.82, 2.24) is 14.9 Å². The number of halogens is 2. The van der Waals surface area contributed by atoms with Crippen LogP contribution in [0, 0.1) is 11.8 Å². The zero-order chi connectivity index (χ0) is 18.7. The second-order valence-electron chi connectivity index (χ2n) is 6.42. The standard InChI is InChI=1S/C18H20F2N4O2/c1-11-10-14(11)17(26)23-13-4-2-12(3-5-13)16(25)22-7-6-15-21-8-9-24(15)18(19)20/h2-5,8-9,11,14,18H,6-7,10H2,1H3,(H,22,25)(H,23,26). The SMILES string of the molecule is CC1CC1C(=O)Nc1ccc(C(=O)NCCc2nccn2C(F)F)cc1. The molecule has 0 bridgehead atoms. The summed E-state index contributed by atoms with van der Waals surface area (Å²) in [7, 11) is 0. The highest BCUT2D eigenvalue weighted by Gasteiger charge is 2.39. The maximum Gasteiger partial charge on any atom is 0.319 e. The minimum absolute atomic E-state index is 0.00392. The van der Waals surface area contributed by atoms with E-state index < -0.39 is 6.55 Å². The summed E-state index contributed by atoms with van der Waals surface area (Å²) in [4.78, 5) is 27.9. The number of benzene rings is 1. The summed E-state index contributed by atoms with van der Waals surface area (Å²) in [6, 6.07) is 6.56. The van der Waals surface area contributed by atoms with Gasteiger partial charge in [0, 0.05) is 42.5 Å². The molecule has 0 radical (unpaired) electrons. The predicted molar refractivity (Wildman–Crippen MR) is 91.9 cm³/mol. The molecule has 0 saturated heterocycles. The largest absolute Gasteiger partial charge is 0.352 e. The van der Waals surface area contributed by atoms with E-state index in [0.29, 0.717) is 17.2 Å². The summed E-state index contributed by atoms with van der Waals surface area (Å²) >= 11 is 0. The molecule has 2 aromatic rings. The molecule has 3 rings (SSSR count). The summed E-state index contributed by atoms with van der Waals surface area (Å²) < 4.78 is 26.2.